The highest BCUT2D eigenvalue weighted by Gasteiger charge is 2.29. The number of methoxy groups -OCH3 is 1. The molecule has 0 saturated carbocycles. The number of pyridine rings is 1. The number of ether oxygens (including phenoxy) is 1. The normalized spacial score (nSPS) is 17.1. The Morgan fingerprint density at radius 3 is 2.43 bits per heavy atom. The van der Waals surface area contributed by atoms with Crippen LogP contribution in [0.2, 0.25) is 0 Å². The highest BCUT2D eigenvalue weighted by Crippen LogP contribution is 2.35. The van der Waals surface area contributed by atoms with Crippen molar-refractivity contribution in [3.05, 3.63) is 54.1 Å². The van der Waals surface area contributed by atoms with E-state index in [4.69, 9.17) is 10.5 Å². The molecule has 37 heavy (non-hydrogen) atoms. The molecule has 0 aliphatic carbocycles. The average Bonchev–Trinajstić information content (AvgIpc) is 2.97. The van der Waals surface area contributed by atoms with Gasteiger partial charge in [0.05, 0.1) is 24.1 Å². The maximum atomic E-state index is 13.5. The molecular weight excluding hydrogens is 464 g/mol. The lowest BCUT2D eigenvalue weighted by Gasteiger charge is -2.40. The lowest BCUT2D eigenvalue weighted by atomic mass is 9.96. The molecule has 194 valence electrons. The fourth-order valence-corrected chi connectivity index (χ4v) is 5.67. The number of aromatic nitrogens is 3. The summed E-state index contributed by atoms with van der Waals surface area (Å²) in [4.78, 5) is 31.5. The van der Waals surface area contributed by atoms with Gasteiger partial charge in [0.25, 0.3) is 5.91 Å². The zero-order valence-corrected chi connectivity index (χ0v) is 21.8. The number of hydrogen-bond acceptors (Lipinski definition) is 7. The van der Waals surface area contributed by atoms with E-state index < -0.39 is 0 Å². The molecule has 0 unspecified atom stereocenters. The highest BCUT2D eigenvalue weighted by atomic mass is 16.5. The van der Waals surface area contributed by atoms with Crippen LogP contribution in [0.5, 0.6) is 5.75 Å². The third-order valence-corrected chi connectivity index (χ3v) is 7.70. The third kappa shape index (κ3) is 5.30. The Kier molecular flexibility index (Phi) is 7.65. The van der Waals surface area contributed by atoms with Gasteiger partial charge in [-0.2, -0.15) is 0 Å². The van der Waals surface area contributed by atoms with Crippen LogP contribution >= 0.6 is 0 Å². The molecule has 0 atom stereocenters. The molecule has 2 aliphatic rings. The second-order valence-corrected chi connectivity index (χ2v) is 9.90. The molecule has 0 radical (unpaired) electrons. The number of carbonyl (C=O) groups excluding carboxylic acids is 1. The molecule has 5 rings (SSSR count). The minimum Gasteiger partial charge on any atom is -0.496 e. The van der Waals surface area contributed by atoms with Gasteiger partial charge in [-0.05, 0) is 69.5 Å². The summed E-state index contributed by atoms with van der Waals surface area (Å²) in [6.45, 7) is 6.03. The molecule has 1 aromatic carbocycles. The minimum atomic E-state index is 0.0281. The predicted octanol–water partition coefficient (Wildman–Crippen LogP) is 4.45. The molecule has 0 spiro atoms. The van der Waals surface area contributed by atoms with Crippen LogP contribution in [0.15, 0.2) is 42.9 Å². The first-order valence-electron chi connectivity index (χ1n) is 13.4. The molecule has 2 aliphatic heterocycles. The summed E-state index contributed by atoms with van der Waals surface area (Å²) < 4.78 is 5.73. The summed E-state index contributed by atoms with van der Waals surface area (Å²) >= 11 is 0. The van der Waals surface area contributed by atoms with Gasteiger partial charge in [-0.15, -0.1) is 0 Å². The summed E-state index contributed by atoms with van der Waals surface area (Å²) in [5, 5.41) is 0. The number of carbonyl (C=O) groups is 1. The van der Waals surface area contributed by atoms with Crippen molar-refractivity contribution in [1.29, 1.82) is 0 Å². The summed E-state index contributed by atoms with van der Waals surface area (Å²) in [6, 6.07) is 10.0. The summed E-state index contributed by atoms with van der Waals surface area (Å²) in [6.07, 6.45) is 10.1. The Morgan fingerprint density at radius 2 is 1.76 bits per heavy atom. The average molecular weight is 501 g/mol. The van der Waals surface area contributed by atoms with Gasteiger partial charge in [0.15, 0.2) is 0 Å². The Balaban J connectivity index is 1.40. The number of rotatable bonds is 6. The fourth-order valence-electron chi connectivity index (χ4n) is 5.67. The number of aryl methyl sites for hydroxylation is 1. The first-order valence-corrected chi connectivity index (χ1v) is 13.4. The van der Waals surface area contributed by atoms with Crippen molar-refractivity contribution in [3.8, 4) is 28.1 Å². The zero-order valence-electron chi connectivity index (χ0n) is 21.8. The van der Waals surface area contributed by atoms with E-state index in [-0.39, 0.29) is 5.91 Å². The molecule has 2 aromatic heterocycles. The first kappa shape index (κ1) is 25.1. The van der Waals surface area contributed by atoms with Crippen molar-refractivity contribution in [2.45, 2.75) is 51.5 Å². The molecule has 1 amide bonds. The molecule has 8 nitrogen and oxygen atoms in total. The lowest BCUT2D eigenvalue weighted by molar-refractivity contribution is 0.0587. The molecule has 4 heterocycles. The van der Waals surface area contributed by atoms with Gasteiger partial charge in [0.1, 0.15) is 17.9 Å². The van der Waals surface area contributed by atoms with E-state index in [9.17, 15) is 4.79 Å². The second-order valence-electron chi connectivity index (χ2n) is 9.90. The lowest BCUT2D eigenvalue weighted by Crippen LogP contribution is -2.48. The number of anilines is 1. The molecule has 8 heteroatoms. The monoisotopic (exact) mass is 500 g/mol. The molecule has 2 saturated heterocycles. The van der Waals surface area contributed by atoms with E-state index in [0.29, 0.717) is 23.2 Å². The molecule has 3 aromatic rings. The summed E-state index contributed by atoms with van der Waals surface area (Å²) in [5.41, 5.74) is 10.8. The standard InChI is InChI=1S/C29H36N6O2/c1-3-24-27(21-8-10-26(30)31-18-21)28(33-19-32-24)20-7-9-23(25(17-20)37-2)29(36)35-15-11-22(12-16-35)34-13-5-4-6-14-34/h7-10,17-19,22H,3-6,11-16H2,1-2H3,(H2,30,31). The number of amides is 1. The van der Waals surface area contributed by atoms with Crippen molar-refractivity contribution >= 4 is 11.7 Å². The van der Waals surface area contributed by atoms with E-state index in [1.807, 2.05) is 29.2 Å². The van der Waals surface area contributed by atoms with Crippen LogP contribution < -0.4 is 10.5 Å². The first-order chi connectivity index (χ1) is 18.1. The van der Waals surface area contributed by atoms with Crippen LogP contribution in [0.1, 0.15) is 55.1 Å². The van der Waals surface area contributed by atoms with Gasteiger partial charge < -0.3 is 20.3 Å². The third-order valence-electron chi connectivity index (χ3n) is 7.70. The van der Waals surface area contributed by atoms with E-state index >= 15 is 0 Å². The van der Waals surface area contributed by atoms with Crippen LogP contribution in [0.25, 0.3) is 22.4 Å². The molecular formula is C29H36N6O2. The predicted molar refractivity (Wildman–Crippen MR) is 145 cm³/mol. The number of piperidine rings is 2. The van der Waals surface area contributed by atoms with E-state index in [0.717, 1.165) is 60.4 Å². The number of likely N-dealkylation sites (tertiary alicyclic amines) is 2. The van der Waals surface area contributed by atoms with Crippen molar-refractivity contribution in [2.24, 2.45) is 0 Å². The van der Waals surface area contributed by atoms with Gasteiger partial charge in [0.2, 0.25) is 0 Å². The van der Waals surface area contributed by atoms with Crippen LogP contribution in [0.3, 0.4) is 0 Å². The maximum Gasteiger partial charge on any atom is 0.257 e. The van der Waals surface area contributed by atoms with E-state index in [1.165, 1.54) is 32.4 Å². The Labute approximate surface area is 218 Å². The Morgan fingerprint density at radius 1 is 1.00 bits per heavy atom. The van der Waals surface area contributed by atoms with E-state index in [1.54, 1.807) is 25.7 Å². The number of nitrogens with two attached hydrogens (primary N) is 1. The number of nitrogen functional groups attached to an aromatic ring is 1. The topological polar surface area (TPSA) is 97.5 Å². The quantitative estimate of drug-likeness (QED) is 0.534. The number of hydrogen-bond donors (Lipinski definition) is 1. The van der Waals surface area contributed by atoms with Gasteiger partial charge in [-0.1, -0.05) is 19.4 Å². The highest BCUT2D eigenvalue weighted by molar-refractivity contribution is 5.98. The zero-order chi connectivity index (χ0) is 25.8. The van der Waals surface area contributed by atoms with Crippen molar-refractivity contribution in [1.82, 2.24) is 24.8 Å². The van der Waals surface area contributed by atoms with Gasteiger partial charge >= 0.3 is 0 Å². The largest absolute Gasteiger partial charge is 0.496 e. The van der Waals surface area contributed by atoms with Crippen molar-refractivity contribution in [3.63, 3.8) is 0 Å². The smallest absolute Gasteiger partial charge is 0.257 e. The van der Waals surface area contributed by atoms with Gasteiger partial charge in [-0.25, -0.2) is 15.0 Å². The van der Waals surface area contributed by atoms with Crippen LogP contribution in [-0.4, -0.2) is 70.0 Å². The molecule has 0 bridgehead atoms. The van der Waals surface area contributed by atoms with Crippen LogP contribution in [0, 0.1) is 0 Å². The van der Waals surface area contributed by atoms with Crippen molar-refractivity contribution < 1.29 is 9.53 Å². The molecule has 2 fully saturated rings. The fraction of sp³-hybridized carbons (Fsp3) is 0.448. The SMILES string of the molecule is CCc1ncnc(-c2ccc(C(=O)N3CCC(N4CCCCC4)CC3)c(OC)c2)c1-c1ccc(N)nc1. The summed E-state index contributed by atoms with van der Waals surface area (Å²) in [5.74, 6) is 1.05. The number of nitrogens with zero attached hydrogens (tertiary/aromatic N) is 5. The second kappa shape index (κ2) is 11.3. The minimum absolute atomic E-state index is 0.0281. The Hall–Kier alpha value is -3.52. The summed E-state index contributed by atoms with van der Waals surface area (Å²) in [7, 11) is 1.61. The maximum absolute atomic E-state index is 13.5. The molecule has 2 N–H and O–H groups in total. The Bertz CT molecular complexity index is 1230. The van der Waals surface area contributed by atoms with Crippen molar-refractivity contribution in [2.75, 3.05) is 39.0 Å². The number of benzene rings is 1. The van der Waals surface area contributed by atoms with E-state index in [2.05, 4.69) is 26.8 Å². The van der Waals surface area contributed by atoms with Gasteiger partial charge in [0, 0.05) is 42.0 Å². The van der Waals surface area contributed by atoms with Crippen LogP contribution in [-0.2, 0) is 6.42 Å². The van der Waals surface area contributed by atoms with Crippen LogP contribution in [0.4, 0.5) is 5.82 Å². The van der Waals surface area contributed by atoms with Gasteiger partial charge in [-0.3, -0.25) is 4.79 Å².